The fourth-order valence-electron chi connectivity index (χ4n) is 0.911. The van der Waals surface area contributed by atoms with Crippen LogP contribution in [0.25, 0.3) is 0 Å². The first-order valence-electron chi connectivity index (χ1n) is 4.56. The van der Waals surface area contributed by atoms with Crippen LogP contribution in [0.1, 0.15) is 20.8 Å². The van der Waals surface area contributed by atoms with E-state index in [-0.39, 0.29) is 16.2 Å². The van der Waals surface area contributed by atoms with Crippen LogP contribution in [-0.2, 0) is 0 Å². The minimum absolute atomic E-state index is 0.158. The van der Waals surface area contributed by atoms with Crippen molar-refractivity contribution in [1.82, 2.24) is 4.98 Å². The molecule has 1 heterocycles. The van der Waals surface area contributed by atoms with E-state index in [9.17, 15) is 4.39 Å². The maximum Gasteiger partial charge on any atom is 0.166 e. The first-order chi connectivity index (χ1) is 6.83. The number of halogens is 3. The third-order valence-electron chi connectivity index (χ3n) is 2.24. The van der Waals surface area contributed by atoms with Gasteiger partial charge in [0.15, 0.2) is 11.6 Å². The Bertz CT molecular complexity index is 353. The molecule has 0 radical (unpaired) electrons. The molecule has 1 atom stereocenters. The Morgan fingerprint density at radius 2 is 2.13 bits per heavy atom. The van der Waals surface area contributed by atoms with Gasteiger partial charge in [-0.05, 0) is 26.8 Å². The Kier molecular flexibility index (Phi) is 3.79. The Hall–Kier alpha value is -0.540. The Morgan fingerprint density at radius 1 is 1.53 bits per heavy atom. The van der Waals surface area contributed by atoms with Crippen molar-refractivity contribution in [2.24, 2.45) is 0 Å². The molecule has 1 unspecified atom stereocenters. The molecule has 0 spiro atoms. The van der Waals surface area contributed by atoms with Crippen LogP contribution in [0.4, 0.5) is 10.2 Å². The molecule has 0 aliphatic heterocycles. The number of hydrogen-bond donors (Lipinski definition) is 1. The molecule has 0 aliphatic carbocycles. The summed E-state index contributed by atoms with van der Waals surface area (Å²) in [5, 5.41) is 3.05. The van der Waals surface area contributed by atoms with Crippen LogP contribution in [0, 0.1) is 5.82 Å². The zero-order chi connectivity index (χ0) is 11.6. The quantitative estimate of drug-likeness (QED) is 0.828. The molecule has 0 fully saturated rings. The lowest BCUT2D eigenvalue weighted by Gasteiger charge is -2.29. The minimum atomic E-state index is -0.479. The molecule has 2 nitrogen and oxygen atoms in total. The number of aromatic nitrogens is 1. The molecule has 0 amide bonds. The summed E-state index contributed by atoms with van der Waals surface area (Å²) < 4.78 is 13.4. The maximum atomic E-state index is 13.4. The molecule has 1 aromatic heterocycles. The van der Waals surface area contributed by atoms with E-state index in [1.165, 1.54) is 12.3 Å². The van der Waals surface area contributed by atoms with E-state index in [1.807, 2.05) is 20.8 Å². The molecule has 1 aromatic rings. The summed E-state index contributed by atoms with van der Waals surface area (Å²) >= 11 is 11.6. The van der Waals surface area contributed by atoms with Crippen LogP contribution in [0.15, 0.2) is 12.3 Å². The van der Waals surface area contributed by atoms with Crippen molar-refractivity contribution < 1.29 is 4.39 Å². The number of anilines is 1. The lowest BCUT2D eigenvalue weighted by molar-refractivity contribution is 0.540. The fraction of sp³-hybridized carbons (Fsp3) is 0.500. The van der Waals surface area contributed by atoms with E-state index in [2.05, 4.69) is 10.3 Å². The van der Waals surface area contributed by atoms with Gasteiger partial charge in [-0.2, -0.15) is 0 Å². The van der Waals surface area contributed by atoms with Gasteiger partial charge in [-0.15, -0.1) is 11.6 Å². The van der Waals surface area contributed by atoms with Gasteiger partial charge in [0.05, 0.1) is 10.4 Å². The van der Waals surface area contributed by atoms with Gasteiger partial charge < -0.3 is 5.32 Å². The Labute approximate surface area is 98.8 Å². The summed E-state index contributed by atoms with van der Waals surface area (Å²) in [5.41, 5.74) is -0.441. The van der Waals surface area contributed by atoms with Gasteiger partial charge in [-0.25, -0.2) is 9.37 Å². The van der Waals surface area contributed by atoms with Gasteiger partial charge >= 0.3 is 0 Å². The number of nitrogens with one attached hydrogen (secondary N) is 1. The molecular formula is C10H13Cl2FN2. The van der Waals surface area contributed by atoms with Gasteiger partial charge in [-0.1, -0.05) is 11.6 Å². The summed E-state index contributed by atoms with van der Waals surface area (Å²) in [4.78, 5) is 3.87. The minimum Gasteiger partial charge on any atom is -0.361 e. The van der Waals surface area contributed by atoms with Crippen LogP contribution in [0.2, 0.25) is 5.02 Å². The second-order valence-corrected chi connectivity index (χ2v) is 5.04. The standard InChI is InChI=1S/C10H13Cl2FN2/c1-6(11)10(2,3)15-9-8(13)4-7(12)5-14-9/h4-6H,1-3H3,(H,14,15). The predicted molar refractivity (Wildman–Crippen MR) is 62.2 cm³/mol. The highest BCUT2D eigenvalue weighted by atomic mass is 35.5. The fourth-order valence-corrected chi connectivity index (χ4v) is 1.11. The van der Waals surface area contributed by atoms with E-state index >= 15 is 0 Å². The van der Waals surface area contributed by atoms with Gasteiger partial charge in [0, 0.05) is 11.7 Å². The molecule has 1 rings (SSSR count). The zero-order valence-electron chi connectivity index (χ0n) is 8.81. The van der Waals surface area contributed by atoms with Gasteiger partial charge in [0.25, 0.3) is 0 Å². The lowest BCUT2D eigenvalue weighted by Crippen LogP contribution is -2.39. The van der Waals surface area contributed by atoms with Crippen LogP contribution in [-0.4, -0.2) is 15.9 Å². The highest BCUT2D eigenvalue weighted by Crippen LogP contribution is 2.23. The van der Waals surface area contributed by atoms with Gasteiger partial charge in [0.2, 0.25) is 0 Å². The van der Waals surface area contributed by atoms with Crippen LogP contribution < -0.4 is 5.32 Å². The molecule has 0 aromatic carbocycles. The smallest absolute Gasteiger partial charge is 0.166 e. The predicted octanol–water partition coefficient (Wildman–Crippen LogP) is 3.69. The van der Waals surface area contributed by atoms with E-state index in [0.717, 1.165) is 0 Å². The third-order valence-corrected chi connectivity index (χ3v) is 3.00. The average Bonchev–Trinajstić information content (AvgIpc) is 2.09. The van der Waals surface area contributed by atoms with Gasteiger partial charge in [0.1, 0.15) is 0 Å². The van der Waals surface area contributed by atoms with E-state index in [1.54, 1.807) is 0 Å². The summed E-state index contributed by atoms with van der Waals surface area (Å²) in [6.45, 7) is 5.59. The second kappa shape index (κ2) is 4.54. The number of pyridine rings is 1. The maximum absolute atomic E-state index is 13.4. The van der Waals surface area contributed by atoms with E-state index in [4.69, 9.17) is 23.2 Å². The van der Waals surface area contributed by atoms with Crippen LogP contribution >= 0.6 is 23.2 Å². The SMILES string of the molecule is CC(Cl)C(C)(C)Nc1ncc(Cl)cc1F. The van der Waals surface area contributed by atoms with Crippen molar-refractivity contribution >= 4 is 29.0 Å². The number of rotatable bonds is 3. The topological polar surface area (TPSA) is 24.9 Å². The van der Waals surface area contributed by atoms with Crippen molar-refractivity contribution in [3.8, 4) is 0 Å². The first-order valence-corrected chi connectivity index (χ1v) is 5.37. The third kappa shape index (κ3) is 3.21. The molecule has 0 bridgehead atoms. The molecule has 0 aliphatic rings. The van der Waals surface area contributed by atoms with Crippen LogP contribution in [0.3, 0.4) is 0 Å². The molecule has 15 heavy (non-hydrogen) atoms. The number of nitrogens with zero attached hydrogens (tertiary/aromatic N) is 1. The summed E-state index contributed by atoms with van der Waals surface area (Å²) in [6.07, 6.45) is 1.39. The highest BCUT2D eigenvalue weighted by Gasteiger charge is 2.25. The summed E-state index contributed by atoms with van der Waals surface area (Å²) in [6, 6.07) is 1.21. The van der Waals surface area contributed by atoms with E-state index in [0.29, 0.717) is 0 Å². The van der Waals surface area contributed by atoms with Crippen molar-refractivity contribution in [3.05, 3.63) is 23.1 Å². The lowest BCUT2D eigenvalue weighted by atomic mass is 10.0. The summed E-state index contributed by atoms with van der Waals surface area (Å²) in [7, 11) is 0. The zero-order valence-corrected chi connectivity index (χ0v) is 10.3. The second-order valence-electron chi connectivity index (χ2n) is 3.95. The first kappa shape index (κ1) is 12.5. The molecule has 5 heteroatoms. The Morgan fingerprint density at radius 3 is 2.60 bits per heavy atom. The normalized spacial score (nSPS) is 13.7. The monoisotopic (exact) mass is 250 g/mol. The van der Waals surface area contributed by atoms with Crippen molar-refractivity contribution in [2.75, 3.05) is 5.32 Å². The van der Waals surface area contributed by atoms with E-state index < -0.39 is 11.4 Å². The number of hydrogen-bond acceptors (Lipinski definition) is 2. The number of alkyl halides is 1. The molecular weight excluding hydrogens is 238 g/mol. The largest absolute Gasteiger partial charge is 0.361 e. The van der Waals surface area contributed by atoms with Gasteiger partial charge in [-0.3, -0.25) is 0 Å². The molecule has 0 saturated carbocycles. The average molecular weight is 251 g/mol. The highest BCUT2D eigenvalue weighted by molar-refractivity contribution is 6.30. The Balaban J connectivity index is 2.90. The molecule has 84 valence electrons. The van der Waals surface area contributed by atoms with Crippen molar-refractivity contribution in [2.45, 2.75) is 31.7 Å². The molecule has 0 saturated heterocycles. The summed E-state index contributed by atoms with van der Waals surface area (Å²) in [5.74, 6) is -0.315. The van der Waals surface area contributed by atoms with Crippen molar-refractivity contribution in [3.63, 3.8) is 0 Å². The van der Waals surface area contributed by atoms with Crippen LogP contribution in [0.5, 0.6) is 0 Å². The van der Waals surface area contributed by atoms with Crippen molar-refractivity contribution in [1.29, 1.82) is 0 Å². The molecule has 1 N–H and O–H groups in total.